The van der Waals surface area contributed by atoms with E-state index in [1.54, 1.807) is 0 Å². The van der Waals surface area contributed by atoms with Crippen molar-refractivity contribution in [2.45, 2.75) is 39.5 Å². The van der Waals surface area contributed by atoms with Crippen LogP contribution in [0.4, 0.5) is 4.79 Å². The number of carbonyl (C=O) groups excluding carboxylic acids is 3. The fraction of sp³-hybridized carbons (Fsp3) is 0.800. The van der Waals surface area contributed by atoms with Crippen molar-refractivity contribution in [3.8, 4) is 0 Å². The molecule has 7 heteroatoms. The van der Waals surface area contributed by atoms with E-state index in [0.717, 1.165) is 25.7 Å². The molecule has 3 N–H and O–H groups in total. The van der Waals surface area contributed by atoms with Crippen LogP contribution < -0.4 is 16.0 Å². The van der Waals surface area contributed by atoms with Crippen molar-refractivity contribution in [1.29, 1.82) is 0 Å². The molecule has 1 fully saturated rings. The lowest BCUT2D eigenvalue weighted by Crippen LogP contribution is -2.47. The van der Waals surface area contributed by atoms with Crippen LogP contribution in [0.3, 0.4) is 0 Å². The number of hydrogen-bond acceptors (Lipinski definition) is 4. The fourth-order valence-electron chi connectivity index (χ4n) is 2.40. The Kier molecular flexibility index (Phi) is 8.50. The van der Waals surface area contributed by atoms with Crippen LogP contribution >= 0.6 is 0 Å². The van der Waals surface area contributed by atoms with Gasteiger partial charge in [0.1, 0.15) is 0 Å². The van der Waals surface area contributed by atoms with Crippen LogP contribution in [0.5, 0.6) is 0 Å². The lowest BCUT2D eigenvalue weighted by atomic mass is 9.96. The first-order chi connectivity index (χ1) is 10.6. The van der Waals surface area contributed by atoms with Crippen molar-refractivity contribution in [1.82, 2.24) is 20.9 Å². The van der Waals surface area contributed by atoms with Gasteiger partial charge in [-0.15, -0.1) is 0 Å². The molecule has 1 heterocycles. The maximum atomic E-state index is 11.9. The second-order valence-corrected chi connectivity index (χ2v) is 5.65. The Morgan fingerprint density at radius 2 is 1.59 bits per heavy atom. The van der Waals surface area contributed by atoms with Gasteiger partial charge in [-0.3, -0.25) is 19.8 Å². The van der Waals surface area contributed by atoms with Crippen LogP contribution in [0.2, 0.25) is 0 Å². The highest BCUT2D eigenvalue weighted by Gasteiger charge is 2.25. The third-order valence-corrected chi connectivity index (χ3v) is 3.66. The van der Waals surface area contributed by atoms with E-state index in [0.29, 0.717) is 26.2 Å². The minimum absolute atomic E-state index is 0.0405. The average molecular weight is 312 g/mol. The molecule has 1 aliphatic heterocycles. The molecule has 126 valence electrons. The van der Waals surface area contributed by atoms with Crippen LogP contribution in [0, 0.1) is 5.92 Å². The Labute approximate surface area is 132 Å². The van der Waals surface area contributed by atoms with Crippen molar-refractivity contribution in [2.24, 2.45) is 5.92 Å². The first-order valence-corrected chi connectivity index (χ1v) is 8.14. The van der Waals surface area contributed by atoms with Gasteiger partial charge in [0, 0.05) is 19.0 Å². The first-order valence-electron chi connectivity index (χ1n) is 8.14. The van der Waals surface area contributed by atoms with Gasteiger partial charge in [-0.1, -0.05) is 13.8 Å². The van der Waals surface area contributed by atoms with E-state index in [9.17, 15) is 14.4 Å². The molecular formula is C15H28N4O3. The standard InChI is InChI=1S/C15H28N4O3/c1-3-7-16-14(21)12-5-9-19(10-6-12)11-13(20)18-15(22)17-8-4-2/h12H,3-11H2,1-2H3,(H,16,21)(H2,17,18,20,22). The predicted octanol–water partition coefficient (Wildman–Crippen LogP) is 0.460. The van der Waals surface area contributed by atoms with Crippen LogP contribution in [-0.4, -0.2) is 55.5 Å². The largest absolute Gasteiger partial charge is 0.356 e. The lowest BCUT2D eigenvalue weighted by Gasteiger charge is -2.30. The Balaban J connectivity index is 2.23. The Bertz CT molecular complexity index is 379. The molecule has 1 rings (SSSR count). The zero-order valence-electron chi connectivity index (χ0n) is 13.6. The third kappa shape index (κ3) is 6.89. The number of nitrogens with one attached hydrogen (secondary N) is 3. The van der Waals surface area contributed by atoms with Crippen molar-refractivity contribution in [3.05, 3.63) is 0 Å². The molecule has 0 spiro atoms. The van der Waals surface area contributed by atoms with Gasteiger partial charge in [0.05, 0.1) is 6.54 Å². The summed E-state index contributed by atoms with van der Waals surface area (Å²) in [6.07, 6.45) is 3.27. The summed E-state index contributed by atoms with van der Waals surface area (Å²) in [5, 5.41) is 7.83. The molecule has 0 aromatic rings. The van der Waals surface area contributed by atoms with Gasteiger partial charge < -0.3 is 10.6 Å². The topological polar surface area (TPSA) is 90.5 Å². The zero-order chi connectivity index (χ0) is 16.4. The van der Waals surface area contributed by atoms with Gasteiger partial charge in [-0.25, -0.2) is 4.79 Å². The molecule has 4 amide bonds. The number of imide groups is 1. The van der Waals surface area contributed by atoms with Crippen molar-refractivity contribution < 1.29 is 14.4 Å². The number of piperidine rings is 1. The maximum Gasteiger partial charge on any atom is 0.321 e. The quantitative estimate of drug-likeness (QED) is 0.637. The first kappa shape index (κ1) is 18.4. The van der Waals surface area contributed by atoms with Crippen LogP contribution in [0.25, 0.3) is 0 Å². The fourth-order valence-corrected chi connectivity index (χ4v) is 2.40. The number of urea groups is 1. The molecule has 0 bridgehead atoms. The smallest absolute Gasteiger partial charge is 0.321 e. The Morgan fingerprint density at radius 3 is 2.18 bits per heavy atom. The molecule has 0 radical (unpaired) electrons. The van der Waals surface area contributed by atoms with Gasteiger partial charge in [-0.2, -0.15) is 0 Å². The molecule has 0 unspecified atom stereocenters. The van der Waals surface area contributed by atoms with Crippen LogP contribution in [-0.2, 0) is 9.59 Å². The van der Waals surface area contributed by atoms with E-state index in [-0.39, 0.29) is 24.3 Å². The Hall–Kier alpha value is -1.63. The normalized spacial score (nSPS) is 16.1. The van der Waals surface area contributed by atoms with Crippen molar-refractivity contribution in [3.63, 3.8) is 0 Å². The van der Waals surface area contributed by atoms with E-state index >= 15 is 0 Å². The van der Waals surface area contributed by atoms with Crippen molar-refractivity contribution in [2.75, 3.05) is 32.7 Å². The molecule has 0 aromatic carbocycles. The van der Waals surface area contributed by atoms with Gasteiger partial charge in [-0.05, 0) is 38.8 Å². The van der Waals surface area contributed by atoms with Gasteiger partial charge in [0.15, 0.2) is 0 Å². The molecule has 1 saturated heterocycles. The summed E-state index contributed by atoms with van der Waals surface area (Å²) in [6, 6.07) is -0.444. The Morgan fingerprint density at radius 1 is 1.00 bits per heavy atom. The number of rotatable bonds is 7. The summed E-state index contributed by atoms with van der Waals surface area (Å²) in [6.45, 7) is 6.85. The minimum Gasteiger partial charge on any atom is -0.356 e. The highest BCUT2D eigenvalue weighted by Crippen LogP contribution is 2.16. The van der Waals surface area contributed by atoms with Gasteiger partial charge in [0.2, 0.25) is 11.8 Å². The SMILES string of the molecule is CCCNC(=O)NC(=O)CN1CCC(C(=O)NCCC)CC1. The minimum atomic E-state index is -0.444. The number of carbonyl (C=O) groups is 3. The second-order valence-electron chi connectivity index (χ2n) is 5.65. The van der Waals surface area contributed by atoms with E-state index in [4.69, 9.17) is 0 Å². The summed E-state index contributed by atoms with van der Waals surface area (Å²) in [7, 11) is 0. The molecule has 7 nitrogen and oxygen atoms in total. The number of amides is 4. The van der Waals surface area contributed by atoms with Crippen molar-refractivity contribution >= 4 is 17.8 Å². The molecule has 1 aliphatic rings. The predicted molar refractivity (Wildman–Crippen MR) is 84.3 cm³/mol. The monoisotopic (exact) mass is 312 g/mol. The summed E-state index contributed by atoms with van der Waals surface area (Å²) in [5.74, 6) is -0.147. The van der Waals surface area contributed by atoms with Crippen LogP contribution in [0.1, 0.15) is 39.5 Å². The molecule has 0 aromatic heterocycles. The average Bonchev–Trinajstić information content (AvgIpc) is 2.51. The zero-order valence-corrected chi connectivity index (χ0v) is 13.6. The molecule has 0 atom stereocenters. The molecule has 0 saturated carbocycles. The molecule has 22 heavy (non-hydrogen) atoms. The number of likely N-dealkylation sites (tertiary alicyclic amines) is 1. The molecule has 0 aliphatic carbocycles. The summed E-state index contributed by atoms with van der Waals surface area (Å²) in [4.78, 5) is 37.0. The van der Waals surface area contributed by atoms with E-state index in [1.807, 2.05) is 18.7 Å². The summed E-state index contributed by atoms with van der Waals surface area (Å²) >= 11 is 0. The maximum absolute atomic E-state index is 11.9. The van der Waals surface area contributed by atoms with Gasteiger partial charge in [0.25, 0.3) is 0 Å². The second kappa shape index (κ2) is 10.2. The van der Waals surface area contributed by atoms with E-state index < -0.39 is 6.03 Å². The number of hydrogen-bond donors (Lipinski definition) is 3. The van der Waals surface area contributed by atoms with E-state index in [1.165, 1.54) is 0 Å². The third-order valence-electron chi connectivity index (χ3n) is 3.66. The highest BCUT2D eigenvalue weighted by atomic mass is 16.2. The summed E-state index contributed by atoms with van der Waals surface area (Å²) in [5.41, 5.74) is 0. The lowest BCUT2D eigenvalue weighted by molar-refractivity contribution is -0.126. The van der Waals surface area contributed by atoms with E-state index in [2.05, 4.69) is 16.0 Å². The highest BCUT2D eigenvalue weighted by molar-refractivity contribution is 5.95. The summed E-state index contributed by atoms with van der Waals surface area (Å²) < 4.78 is 0. The number of nitrogens with zero attached hydrogens (tertiary/aromatic N) is 1. The van der Waals surface area contributed by atoms with Gasteiger partial charge >= 0.3 is 6.03 Å². The van der Waals surface area contributed by atoms with Crippen LogP contribution in [0.15, 0.2) is 0 Å². The molecular weight excluding hydrogens is 284 g/mol.